The molecule has 2 aromatic carbocycles. The molecular formula is C27H25O17+. The average molecular weight is 621 g/mol. The molecule has 0 amide bonds. The van der Waals surface area contributed by atoms with E-state index in [-0.39, 0.29) is 33.8 Å². The van der Waals surface area contributed by atoms with Crippen molar-refractivity contribution < 1.29 is 83.4 Å². The molecule has 5 unspecified atom stereocenters. The van der Waals surface area contributed by atoms with Crippen molar-refractivity contribution in [2.24, 2.45) is 0 Å². The monoisotopic (exact) mass is 621 g/mol. The Kier molecular flexibility index (Phi) is 9.22. The summed E-state index contributed by atoms with van der Waals surface area (Å²) < 4.78 is 27.0. The first-order valence-electron chi connectivity index (χ1n) is 12.6. The molecular weight excluding hydrogens is 596 g/mol. The van der Waals surface area contributed by atoms with Crippen LogP contribution in [0.15, 0.2) is 40.8 Å². The Labute approximate surface area is 245 Å². The smallest absolute Gasteiger partial charge is 0.402 e. The number of phenols is 4. The number of carboxylic acid groups (broad SMARTS) is 2. The number of aromatic hydroxyl groups is 4. The van der Waals surface area contributed by atoms with Gasteiger partial charge in [0.05, 0.1) is 11.6 Å². The molecule has 1 fully saturated rings. The number of carboxylic acids is 2. The minimum atomic E-state index is -2.04. The molecule has 1 saturated heterocycles. The van der Waals surface area contributed by atoms with Crippen LogP contribution in [-0.2, 0) is 33.4 Å². The van der Waals surface area contributed by atoms with Crippen molar-refractivity contribution in [2.75, 3.05) is 6.61 Å². The second-order valence-electron chi connectivity index (χ2n) is 9.44. The molecule has 1 aliphatic rings. The molecule has 2 heterocycles. The molecule has 4 rings (SSSR count). The van der Waals surface area contributed by atoms with Crippen molar-refractivity contribution in [3.63, 3.8) is 0 Å². The van der Waals surface area contributed by atoms with E-state index >= 15 is 0 Å². The topological polar surface area (TPSA) is 278 Å². The summed E-state index contributed by atoms with van der Waals surface area (Å²) in [6.07, 6.45) is -11.6. The minimum Gasteiger partial charge on any atom is -0.507 e. The van der Waals surface area contributed by atoms with Gasteiger partial charge in [-0.1, -0.05) is 0 Å². The summed E-state index contributed by atoms with van der Waals surface area (Å²) in [6.45, 7) is -0.826. The lowest BCUT2D eigenvalue weighted by Crippen LogP contribution is -2.61. The van der Waals surface area contributed by atoms with Crippen LogP contribution in [-0.4, -0.2) is 102 Å². The maximum Gasteiger partial charge on any atom is 0.402 e. The van der Waals surface area contributed by atoms with Crippen LogP contribution in [0, 0.1) is 0 Å². The highest BCUT2D eigenvalue weighted by Gasteiger charge is 2.49. The molecule has 0 saturated carbocycles. The summed E-state index contributed by atoms with van der Waals surface area (Å²) in [6, 6.07) is 6.77. The van der Waals surface area contributed by atoms with Gasteiger partial charge in [-0.25, -0.2) is 4.42 Å². The number of esters is 2. The Morgan fingerprint density at radius 2 is 1.50 bits per heavy atom. The van der Waals surface area contributed by atoms with Crippen LogP contribution in [0.1, 0.15) is 12.8 Å². The van der Waals surface area contributed by atoms with E-state index in [1.807, 2.05) is 0 Å². The van der Waals surface area contributed by atoms with E-state index in [0.29, 0.717) is 0 Å². The normalized spacial score (nSPS) is 21.4. The highest BCUT2D eigenvalue weighted by atomic mass is 16.7. The van der Waals surface area contributed by atoms with Gasteiger partial charge in [0.25, 0.3) is 0 Å². The Morgan fingerprint density at radius 1 is 0.818 bits per heavy atom. The number of hydrogen-bond acceptors (Lipinski definition) is 14. The molecule has 234 valence electrons. The maximum atomic E-state index is 12.1. The van der Waals surface area contributed by atoms with E-state index in [9.17, 15) is 49.8 Å². The Bertz CT molecular complexity index is 1600. The van der Waals surface area contributed by atoms with Gasteiger partial charge < -0.3 is 59.8 Å². The lowest BCUT2D eigenvalue weighted by Gasteiger charge is -2.41. The lowest BCUT2D eigenvalue weighted by molar-refractivity contribution is -0.282. The van der Waals surface area contributed by atoms with Gasteiger partial charge in [0, 0.05) is 18.2 Å². The van der Waals surface area contributed by atoms with Gasteiger partial charge in [-0.2, -0.15) is 0 Å². The van der Waals surface area contributed by atoms with E-state index in [0.717, 1.165) is 24.3 Å². The second kappa shape index (κ2) is 12.9. The van der Waals surface area contributed by atoms with Crippen molar-refractivity contribution >= 4 is 34.8 Å². The number of carbonyl (C=O) groups excluding carboxylic acids is 2. The molecule has 0 spiro atoms. The minimum absolute atomic E-state index is 0.0292. The van der Waals surface area contributed by atoms with Gasteiger partial charge in [-0.3, -0.25) is 19.2 Å². The van der Waals surface area contributed by atoms with Gasteiger partial charge >= 0.3 is 35.2 Å². The van der Waals surface area contributed by atoms with Crippen molar-refractivity contribution in [1.29, 1.82) is 0 Å². The molecule has 0 radical (unpaired) electrons. The molecule has 8 N–H and O–H groups in total. The zero-order chi connectivity index (χ0) is 32.3. The lowest BCUT2D eigenvalue weighted by atomic mass is 9.98. The molecule has 5 atom stereocenters. The van der Waals surface area contributed by atoms with Gasteiger partial charge in [-0.15, -0.1) is 0 Å². The summed E-state index contributed by atoms with van der Waals surface area (Å²) in [5.41, 5.74) is -0.0180. The van der Waals surface area contributed by atoms with Crippen LogP contribution >= 0.6 is 0 Å². The van der Waals surface area contributed by atoms with Crippen molar-refractivity contribution in [1.82, 2.24) is 0 Å². The number of ether oxygens (including phenoxy) is 4. The van der Waals surface area contributed by atoms with Crippen molar-refractivity contribution in [3.8, 4) is 40.1 Å². The Hall–Kier alpha value is -5.39. The molecule has 1 aliphatic heterocycles. The number of aliphatic hydroxyl groups is 2. The van der Waals surface area contributed by atoms with Crippen LogP contribution in [0.4, 0.5) is 0 Å². The first-order chi connectivity index (χ1) is 20.7. The highest BCUT2D eigenvalue weighted by molar-refractivity contribution is 5.91. The number of aliphatic carboxylic acids is 2. The third kappa shape index (κ3) is 7.14. The number of rotatable bonds is 10. The maximum absolute atomic E-state index is 12.1. The second-order valence-corrected chi connectivity index (χ2v) is 9.44. The Morgan fingerprint density at radius 3 is 2.16 bits per heavy atom. The van der Waals surface area contributed by atoms with Crippen LogP contribution in [0.3, 0.4) is 0 Å². The zero-order valence-corrected chi connectivity index (χ0v) is 22.2. The molecule has 0 aliphatic carbocycles. The van der Waals surface area contributed by atoms with Crippen LogP contribution < -0.4 is 4.74 Å². The summed E-state index contributed by atoms with van der Waals surface area (Å²) in [5.74, 6) is -8.13. The zero-order valence-electron chi connectivity index (χ0n) is 22.2. The standard InChI is InChI=1S/C27H24O17/c28-11-4-14(30)12-6-17(25(41-16(12)5-11)10-1-2-13(29)15(31)3-10)42-27-24(39)26(44-22(37)8-20(34)35)23(38)18(43-27)9-40-21(36)7-19(32)33/h1-6,18,23-24,26-27,38-39H,7-9H2,(H5-,28,29,30,31,32,33,34,35)/p+1. The molecule has 17 nitrogen and oxygen atoms in total. The fraction of sp³-hybridized carbons (Fsp3) is 0.296. The summed E-state index contributed by atoms with van der Waals surface area (Å²) in [4.78, 5) is 45.7. The molecule has 44 heavy (non-hydrogen) atoms. The first-order valence-corrected chi connectivity index (χ1v) is 12.6. The molecule has 3 aromatic rings. The number of carbonyl (C=O) groups is 4. The summed E-state index contributed by atoms with van der Waals surface area (Å²) in [7, 11) is 0. The van der Waals surface area contributed by atoms with Crippen LogP contribution in [0.25, 0.3) is 22.3 Å². The average Bonchev–Trinajstić information content (AvgIpc) is 2.92. The van der Waals surface area contributed by atoms with E-state index in [2.05, 4.69) is 0 Å². The van der Waals surface area contributed by atoms with Crippen molar-refractivity contribution in [2.45, 2.75) is 43.5 Å². The SMILES string of the molecule is O=C(O)CC(=O)OCC1OC(Oc2cc3c(O)cc(O)cc3[o+]c2-c2ccc(O)c(O)c2)C(O)C(OC(=O)CC(=O)O)C1O. The predicted octanol–water partition coefficient (Wildman–Crippen LogP) is 0.433. The van der Waals surface area contributed by atoms with Crippen LogP contribution in [0.5, 0.6) is 28.7 Å². The third-order valence-electron chi connectivity index (χ3n) is 6.21. The molecule has 1 aromatic heterocycles. The van der Waals surface area contributed by atoms with Gasteiger partial charge in [0.15, 0.2) is 23.7 Å². The van der Waals surface area contributed by atoms with Crippen LogP contribution in [0.2, 0.25) is 0 Å². The largest absolute Gasteiger partial charge is 0.507 e. The quantitative estimate of drug-likeness (QED) is 0.0659. The number of hydrogen-bond donors (Lipinski definition) is 8. The number of fused-ring (bicyclic) bond motifs is 1. The van der Waals surface area contributed by atoms with E-state index in [4.69, 9.17) is 33.6 Å². The van der Waals surface area contributed by atoms with E-state index < -0.39 is 91.3 Å². The summed E-state index contributed by atoms with van der Waals surface area (Å²) in [5, 5.41) is 79.5. The summed E-state index contributed by atoms with van der Waals surface area (Å²) >= 11 is 0. The highest BCUT2D eigenvalue weighted by Crippen LogP contribution is 2.42. The predicted molar refractivity (Wildman–Crippen MR) is 139 cm³/mol. The van der Waals surface area contributed by atoms with Crippen molar-refractivity contribution in [3.05, 3.63) is 36.4 Å². The molecule has 17 heteroatoms. The van der Waals surface area contributed by atoms with Gasteiger partial charge in [0.1, 0.15) is 48.5 Å². The fourth-order valence-corrected chi connectivity index (χ4v) is 4.21. The molecule has 0 bridgehead atoms. The fourth-order valence-electron chi connectivity index (χ4n) is 4.21. The third-order valence-corrected chi connectivity index (χ3v) is 6.21. The number of aliphatic hydroxyl groups excluding tert-OH is 2. The van der Waals surface area contributed by atoms with E-state index in [1.165, 1.54) is 12.1 Å². The van der Waals surface area contributed by atoms with E-state index in [1.54, 1.807) is 0 Å². The number of benzene rings is 2. The first kappa shape index (κ1) is 31.5. The number of phenolic OH excluding ortho intramolecular Hbond substituents is 4. The van der Waals surface area contributed by atoms with Gasteiger partial charge in [0.2, 0.25) is 12.0 Å². The van der Waals surface area contributed by atoms with Gasteiger partial charge in [-0.05, 0) is 12.1 Å². The Balaban J connectivity index is 1.74.